The van der Waals surface area contributed by atoms with E-state index in [4.69, 9.17) is 15.0 Å². The van der Waals surface area contributed by atoms with Crippen molar-refractivity contribution in [2.75, 3.05) is 0 Å². The molecule has 0 amide bonds. The second kappa shape index (κ2) is 7.93. The number of unbranched alkanes of at least 4 members (excludes halogenated alkanes) is 3. The Morgan fingerprint density at radius 1 is 0.966 bits per heavy atom. The van der Waals surface area contributed by atoms with Gasteiger partial charge in [-0.15, -0.1) is 0 Å². The summed E-state index contributed by atoms with van der Waals surface area (Å²) in [7, 11) is 0. The van der Waals surface area contributed by atoms with Crippen LogP contribution in [0.2, 0.25) is 0 Å². The molecule has 0 bridgehead atoms. The Hall–Kier alpha value is -2.76. The van der Waals surface area contributed by atoms with Gasteiger partial charge in [0.15, 0.2) is 11.3 Å². The normalized spacial score (nSPS) is 13.0. The molecule has 29 heavy (non-hydrogen) atoms. The molecule has 1 atom stereocenters. The van der Waals surface area contributed by atoms with Crippen LogP contribution in [-0.4, -0.2) is 24.1 Å². The van der Waals surface area contributed by atoms with Crippen LogP contribution in [0.3, 0.4) is 0 Å². The fourth-order valence-electron chi connectivity index (χ4n) is 4.09. The summed E-state index contributed by atoms with van der Waals surface area (Å²) in [4.78, 5) is 28.2. The van der Waals surface area contributed by atoms with E-state index in [9.17, 15) is 4.79 Å². The topological polar surface area (TPSA) is 65.6 Å². The summed E-state index contributed by atoms with van der Waals surface area (Å²) in [5, 5.41) is 0.597. The van der Waals surface area contributed by atoms with E-state index >= 15 is 0 Å². The maximum Gasteiger partial charge on any atom is 0.265 e. The van der Waals surface area contributed by atoms with Crippen LogP contribution in [0.1, 0.15) is 64.7 Å². The monoisotopic (exact) mass is 391 g/mol. The third-order valence-corrected chi connectivity index (χ3v) is 5.84. The molecule has 0 aliphatic heterocycles. The molecule has 0 aliphatic carbocycles. The number of fused-ring (bicyclic) bond motifs is 4. The molecule has 0 saturated heterocycles. The van der Waals surface area contributed by atoms with E-state index in [1.165, 1.54) is 12.8 Å². The Bertz CT molecular complexity index is 1240. The molecule has 1 aromatic carbocycles. The molecular formula is C23H29N5O. The molecule has 6 heteroatoms. The second-order valence-corrected chi connectivity index (χ2v) is 7.89. The highest BCUT2D eigenvalue weighted by Crippen LogP contribution is 2.27. The van der Waals surface area contributed by atoms with Crippen molar-refractivity contribution < 1.29 is 0 Å². The van der Waals surface area contributed by atoms with E-state index in [0.717, 1.165) is 48.3 Å². The summed E-state index contributed by atoms with van der Waals surface area (Å²) in [6.45, 7) is 9.08. The van der Waals surface area contributed by atoms with Gasteiger partial charge < -0.3 is 4.57 Å². The zero-order valence-electron chi connectivity index (χ0n) is 17.8. The fraction of sp³-hybridized carbons (Fsp3) is 0.478. The van der Waals surface area contributed by atoms with E-state index in [-0.39, 0.29) is 11.6 Å². The molecular weight excluding hydrogens is 362 g/mol. The lowest BCUT2D eigenvalue weighted by Crippen LogP contribution is -2.26. The lowest BCUT2D eigenvalue weighted by molar-refractivity contribution is 0.496. The van der Waals surface area contributed by atoms with Crippen molar-refractivity contribution in [1.29, 1.82) is 0 Å². The third kappa shape index (κ3) is 3.30. The number of nitrogens with zero attached hydrogens (tertiary/aromatic N) is 5. The Kier molecular flexibility index (Phi) is 5.35. The fourth-order valence-corrected chi connectivity index (χ4v) is 4.09. The quantitative estimate of drug-likeness (QED) is 0.408. The molecule has 0 aliphatic rings. The number of hydrogen-bond donors (Lipinski definition) is 0. The van der Waals surface area contributed by atoms with Crippen LogP contribution >= 0.6 is 0 Å². The van der Waals surface area contributed by atoms with Gasteiger partial charge in [-0.1, -0.05) is 45.2 Å². The first kappa shape index (κ1) is 19.6. The Morgan fingerprint density at radius 3 is 2.38 bits per heavy atom. The number of rotatable bonds is 7. The van der Waals surface area contributed by atoms with Crippen LogP contribution in [0.15, 0.2) is 29.1 Å². The molecule has 0 saturated carbocycles. The maximum atomic E-state index is 13.5. The van der Waals surface area contributed by atoms with Crippen molar-refractivity contribution in [2.24, 2.45) is 0 Å². The first-order chi connectivity index (χ1) is 14.1. The molecule has 3 heterocycles. The van der Waals surface area contributed by atoms with Gasteiger partial charge in [-0.05, 0) is 38.8 Å². The van der Waals surface area contributed by atoms with Crippen LogP contribution < -0.4 is 5.56 Å². The highest BCUT2D eigenvalue weighted by molar-refractivity contribution is 6.04. The summed E-state index contributed by atoms with van der Waals surface area (Å²) in [6, 6.07) is 7.93. The highest BCUT2D eigenvalue weighted by atomic mass is 16.1. The van der Waals surface area contributed by atoms with E-state index in [2.05, 4.69) is 25.3 Å². The van der Waals surface area contributed by atoms with Gasteiger partial charge in [-0.3, -0.25) is 9.36 Å². The average Bonchev–Trinajstić information content (AvgIpc) is 3.01. The van der Waals surface area contributed by atoms with Crippen LogP contribution in [0, 0.1) is 6.92 Å². The zero-order chi connectivity index (χ0) is 20.5. The van der Waals surface area contributed by atoms with E-state index < -0.39 is 0 Å². The van der Waals surface area contributed by atoms with Gasteiger partial charge in [0.05, 0.1) is 11.0 Å². The van der Waals surface area contributed by atoms with Crippen molar-refractivity contribution >= 4 is 33.2 Å². The number of aromatic nitrogens is 5. The first-order valence-corrected chi connectivity index (χ1v) is 10.7. The number of aryl methyl sites for hydroxylation is 2. The van der Waals surface area contributed by atoms with Crippen LogP contribution in [0.25, 0.3) is 33.2 Å². The van der Waals surface area contributed by atoms with E-state index in [1.54, 1.807) is 4.57 Å². The predicted octanol–water partition coefficient (Wildman–Crippen LogP) is 5.15. The molecule has 4 rings (SSSR count). The summed E-state index contributed by atoms with van der Waals surface area (Å²) in [5.74, 6) is 0.749. The molecule has 0 N–H and O–H groups in total. The molecule has 0 spiro atoms. The predicted molar refractivity (Wildman–Crippen MR) is 118 cm³/mol. The Labute approximate surface area is 170 Å². The highest BCUT2D eigenvalue weighted by Gasteiger charge is 2.22. The maximum absolute atomic E-state index is 13.5. The first-order valence-electron chi connectivity index (χ1n) is 10.7. The molecule has 152 valence electrons. The van der Waals surface area contributed by atoms with Gasteiger partial charge in [-0.2, -0.15) is 0 Å². The van der Waals surface area contributed by atoms with Crippen molar-refractivity contribution in [2.45, 2.75) is 72.4 Å². The van der Waals surface area contributed by atoms with Gasteiger partial charge >= 0.3 is 0 Å². The van der Waals surface area contributed by atoms with Crippen molar-refractivity contribution in [3.63, 3.8) is 0 Å². The molecule has 0 unspecified atom stereocenters. The van der Waals surface area contributed by atoms with Gasteiger partial charge in [0, 0.05) is 12.6 Å². The smallest absolute Gasteiger partial charge is 0.265 e. The SMILES string of the molecule is CCCCCCn1c2nc3ccccc3nc2c2c(=O)n([C@H](C)CC)c(C)nc21. The standard InChI is InChI=1S/C23H29N5O/c1-5-7-8-11-14-27-21-19(23(29)28(15(3)6-2)16(4)24-21)20-22(27)26-18-13-10-9-12-17(18)25-20/h9-10,12-13,15H,5-8,11,14H2,1-4H3/t15-/m1/s1. The van der Waals surface area contributed by atoms with Gasteiger partial charge in [0.1, 0.15) is 16.7 Å². The molecule has 3 aromatic heterocycles. The summed E-state index contributed by atoms with van der Waals surface area (Å²) < 4.78 is 3.91. The van der Waals surface area contributed by atoms with Crippen molar-refractivity contribution in [3.8, 4) is 0 Å². The minimum Gasteiger partial charge on any atom is -0.308 e. The van der Waals surface area contributed by atoms with Gasteiger partial charge in [0.2, 0.25) is 0 Å². The largest absolute Gasteiger partial charge is 0.308 e. The minimum absolute atomic E-state index is 0.0104. The lowest BCUT2D eigenvalue weighted by Gasteiger charge is -2.16. The van der Waals surface area contributed by atoms with Crippen molar-refractivity contribution in [3.05, 3.63) is 40.4 Å². The zero-order valence-corrected chi connectivity index (χ0v) is 17.8. The third-order valence-electron chi connectivity index (χ3n) is 5.84. The number of hydrogen-bond acceptors (Lipinski definition) is 4. The Morgan fingerprint density at radius 2 is 1.69 bits per heavy atom. The van der Waals surface area contributed by atoms with Crippen molar-refractivity contribution in [1.82, 2.24) is 24.1 Å². The average molecular weight is 392 g/mol. The Balaban J connectivity index is 2.04. The van der Waals surface area contributed by atoms with Gasteiger partial charge in [0.25, 0.3) is 5.56 Å². The van der Waals surface area contributed by atoms with Crippen LogP contribution in [0.5, 0.6) is 0 Å². The second-order valence-electron chi connectivity index (χ2n) is 7.89. The van der Waals surface area contributed by atoms with Gasteiger partial charge in [-0.25, -0.2) is 15.0 Å². The summed E-state index contributed by atoms with van der Waals surface area (Å²) in [6.07, 6.45) is 5.46. The lowest BCUT2D eigenvalue weighted by atomic mass is 10.2. The molecule has 4 aromatic rings. The van der Waals surface area contributed by atoms with E-state index in [0.29, 0.717) is 16.6 Å². The summed E-state index contributed by atoms with van der Waals surface area (Å²) in [5.41, 5.74) is 3.79. The summed E-state index contributed by atoms with van der Waals surface area (Å²) >= 11 is 0. The van der Waals surface area contributed by atoms with Crippen LogP contribution in [0.4, 0.5) is 0 Å². The molecule has 0 radical (unpaired) electrons. The number of benzene rings is 1. The van der Waals surface area contributed by atoms with E-state index in [1.807, 2.05) is 31.2 Å². The molecule has 0 fully saturated rings. The molecule has 6 nitrogen and oxygen atoms in total. The number of para-hydroxylation sites is 2. The van der Waals surface area contributed by atoms with Crippen LogP contribution in [-0.2, 0) is 6.54 Å². The minimum atomic E-state index is -0.0104.